The molecule has 0 amide bonds. The Bertz CT molecular complexity index is 386. The van der Waals surface area contributed by atoms with Crippen LogP contribution < -0.4 is 5.32 Å². The maximum atomic E-state index is 4.12. The van der Waals surface area contributed by atoms with Crippen molar-refractivity contribution in [1.29, 1.82) is 0 Å². The fourth-order valence-electron chi connectivity index (χ4n) is 3.29. The minimum Gasteiger partial charge on any atom is -0.308 e. The molecule has 0 spiro atoms. The standard InChI is InChI=1S/C17H29N3/c1-4-7-16-12-19-17(5-2,6-3)14-20(16)13-15-8-10-18-11-9-15/h8-11,16,19H,4-7,12-14H2,1-3H3. The summed E-state index contributed by atoms with van der Waals surface area (Å²) in [5.74, 6) is 0. The van der Waals surface area contributed by atoms with Crippen LogP contribution in [0.25, 0.3) is 0 Å². The van der Waals surface area contributed by atoms with E-state index < -0.39 is 0 Å². The van der Waals surface area contributed by atoms with Crippen LogP contribution in [-0.2, 0) is 6.54 Å². The van der Waals surface area contributed by atoms with E-state index >= 15 is 0 Å². The van der Waals surface area contributed by atoms with Gasteiger partial charge in [0, 0.05) is 43.6 Å². The molecule has 1 aliphatic rings. The second kappa shape index (κ2) is 7.19. The number of nitrogens with one attached hydrogen (secondary N) is 1. The molecule has 1 aliphatic heterocycles. The van der Waals surface area contributed by atoms with Crippen LogP contribution in [0, 0.1) is 0 Å². The van der Waals surface area contributed by atoms with Gasteiger partial charge in [-0.25, -0.2) is 0 Å². The molecule has 3 heteroatoms. The topological polar surface area (TPSA) is 28.2 Å². The Labute approximate surface area is 123 Å². The Morgan fingerprint density at radius 1 is 1.25 bits per heavy atom. The molecule has 3 nitrogen and oxygen atoms in total. The number of pyridine rings is 1. The summed E-state index contributed by atoms with van der Waals surface area (Å²) < 4.78 is 0. The van der Waals surface area contributed by atoms with Gasteiger partial charge in [-0.2, -0.15) is 0 Å². The molecule has 1 N–H and O–H groups in total. The van der Waals surface area contributed by atoms with Crippen molar-refractivity contribution >= 4 is 0 Å². The van der Waals surface area contributed by atoms with Crippen molar-refractivity contribution in [2.45, 2.75) is 64.6 Å². The third-order valence-electron chi connectivity index (χ3n) is 4.85. The molecule has 0 saturated carbocycles. The maximum absolute atomic E-state index is 4.12. The maximum Gasteiger partial charge on any atom is 0.0304 e. The number of piperazine rings is 1. The average Bonchev–Trinajstić information content (AvgIpc) is 2.50. The fraction of sp³-hybridized carbons (Fsp3) is 0.706. The van der Waals surface area contributed by atoms with Gasteiger partial charge in [-0.1, -0.05) is 27.2 Å². The van der Waals surface area contributed by atoms with Crippen molar-refractivity contribution in [2.24, 2.45) is 0 Å². The lowest BCUT2D eigenvalue weighted by Crippen LogP contribution is -2.63. The van der Waals surface area contributed by atoms with Gasteiger partial charge in [0.25, 0.3) is 0 Å². The summed E-state index contributed by atoms with van der Waals surface area (Å²) in [6, 6.07) is 4.95. The van der Waals surface area contributed by atoms with Crippen molar-refractivity contribution in [2.75, 3.05) is 13.1 Å². The summed E-state index contributed by atoms with van der Waals surface area (Å²) in [4.78, 5) is 6.81. The molecule has 1 unspecified atom stereocenters. The summed E-state index contributed by atoms with van der Waals surface area (Å²) in [7, 11) is 0. The molecule has 0 aromatic carbocycles. The molecule has 0 aliphatic carbocycles. The molecule has 2 heterocycles. The molecule has 2 rings (SSSR count). The molecule has 20 heavy (non-hydrogen) atoms. The Morgan fingerprint density at radius 2 is 1.95 bits per heavy atom. The third-order valence-corrected chi connectivity index (χ3v) is 4.85. The lowest BCUT2D eigenvalue weighted by Gasteiger charge is -2.47. The molecular formula is C17H29N3. The monoisotopic (exact) mass is 275 g/mol. The van der Waals surface area contributed by atoms with Crippen molar-refractivity contribution in [3.05, 3.63) is 30.1 Å². The molecule has 0 bridgehead atoms. The number of hydrogen-bond acceptors (Lipinski definition) is 3. The average molecular weight is 275 g/mol. The molecular weight excluding hydrogens is 246 g/mol. The predicted octanol–water partition coefficient (Wildman–Crippen LogP) is 3.21. The first-order chi connectivity index (χ1) is 9.73. The highest BCUT2D eigenvalue weighted by molar-refractivity contribution is 5.11. The van der Waals surface area contributed by atoms with Gasteiger partial charge in [0.2, 0.25) is 0 Å². The van der Waals surface area contributed by atoms with Crippen LogP contribution >= 0.6 is 0 Å². The summed E-state index contributed by atoms with van der Waals surface area (Å²) >= 11 is 0. The highest BCUT2D eigenvalue weighted by Gasteiger charge is 2.36. The van der Waals surface area contributed by atoms with E-state index in [1.165, 1.54) is 31.2 Å². The Kier molecular flexibility index (Phi) is 5.55. The number of rotatable bonds is 6. The Morgan fingerprint density at radius 3 is 2.55 bits per heavy atom. The van der Waals surface area contributed by atoms with Crippen molar-refractivity contribution in [1.82, 2.24) is 15.2 Å². The van der Waals surface area contributed by atoms with Crippen LogP contribution in [0.5, 0.6) is 0 Å². The summed E-state index contributed by atoms with van der Waals surface area (Å²) in [5, 5.41) is 3.83. The van der Waals surface area contributed by atoms with Crippen LogP contribution in [-0.4, -0.2) is 34.6 Å². The van der Waals surface area contributed by atoms with Gasteiger partial charge in [0.05, 0.1) is 0 Å². The van der Waals surface area contributed by atoms with E-state index in [0.29, 0.717) is 11.6 Å². The van der Waals surface area contributed by atoms with E-state index in [1.807, 2.05) is 12.4 Å². The van der Waals surface area contributed by atoms with Gasteiger partial charge in [0.15, 0.2) is 0 Å². The van der Waals surface area contributed by atoms with Crippen molar-refractivity contribution in [3.8, 4) is 0 Å². The number of nitrogens with zero attached hydrogens (tertiary/aromatic N) is 2. The highest BCUT2D eigenvalue weighted by atomic mass is 15.3. The zero-order valence-electron chi connectivity index (χ0n) is 13.2. The van der Waals surface area contributed by atoms with Gasteiger partial charge < -0.3 is 5.32 Å². The van der Waals surface area contributed by atoms with E-state index in [0.717, 1.165) is 19.6 Å². The fourth-order valence-corrected chi connectivity index (χ4v) is 3.29. The lowest BCUT2D eigenvalue weighted by atomic mass is 9.87. The van der Waals surface area contributed by atoms with Gasteiger partial charge in [-0.05, 0) is 37.0 Å². The first-order valence-corrected chi connectivity index (χ1v) is 8.11. The third kappa shape index (κ3) is 3.58. The summed E-state index contributed by atoms with van der Waals surface area (Å²) in [6.45, 7) is 10.2. The summed E-state index contributed by atoms with van der Waals surface area (Å²) in [6.07, 6.45) is 8.74. The minimum absolute atomic E-state index is 0.303. The van der Waals surface area contributed by atoms with Crippen LogP contribution in [0.4, 0.5) is 0 Å². The van der Waals surface area contributed by atoms with E-state index in [-0.39, 0.29) is 0 Å². The number of hydrogen-bond donors (Lipinski definition) is 1. The minimum atomic E-state index is 0.303. The zero-order chi connectivity index (χ0) is 14.4. The normalized spacial score (nSPS) is 22.9. The van der Waals surface area contributed by atoms with Gasteiger partial charge in [-0.15, -0.1) is 0 Å². The molecule has 1 fully saturated rings. The first-order valence-electron chi connectivity index (χ1n) is 8.11. The van der Waals surface area contributed by atoms with Gasteiger partial charge in [-0.3, -0.25) is 9.88 Å². The molecule has 112 valence electrons. The Hall–Kier alpha value is -0.930. The zero-order valence-corrected chi connectivity index (χ0v) is 13.2. The van der Waals surface area contributed by atoms with Crippen LogP contribution in [0.1, 0.15) is 52.0 Å². The van der Waals surface area contributed by atoms with Crippen LogP contribution in [0.3, 0.4) is 0 Å². The number of aromatic nitrogens is 1. The van der Waals surface area contributed by atoms with E-state index in [4.69, 9.17) is 0 Å². The smallest absolute Gasteiger partial charge is 0.0304 e. The largest absolute Gasteiger partial charge is 0.308 e. The van der Waals surface area contributed by atoms with E-state index in [9.17, 15) is 0 Å². The second-order valence-electron chi connectivity index (χ2n) is 6.07. The quantitative estimate of drug-likeness (QED) is 0.864. The molecule has 1 aromatic heterocycles. The van der Waals surface area contributed by atoms with Crippen molar-refractivity contribution < 1.29 is 0 Å². The molecule has 1 aromatic rings. The van der Waals surface area contributed by atoms with Crippen molar-refractivity contribution in [3.63, 3.8) is 0 Å². The predicted molar refractivity (Wildman–Crippen MR) is 84.7 cm³/mol. The molecule has 0 radical (unpaired) electrons. The van der Waals surface area contributed by atoms with E-state index in [2.05, 4.69) is 48.1 Å². The molecule has 1 atom stereocenters. The van der Waals surface area contributed by atoms with E-state index in [1.54, 1.807) is 0 Å². The second-order valence-corrected chi connectivity index (χ2v) is 6.07. The summed E-state index contributed by atoms with van der Waals surface area (Å²) in [5.41, 5.74) is 1.68. The Balaban J connectivity index is 2.10. The van der Waals surface area contributed by atoms with Gasteiger partial charge in [0.1, 0.15) is 0 Å². The first kappa shape index (κ1) is 15.5. The van der Waals surface area contributed by atoms with Crippen LogP contribution in [0.2, 0.25) is 0 Å². The lowest BCUT2D eigenvalue weighted by molar-refractivity contribution is 0.0616. The van der Waals surface area contributed by atoms with Crippen LogP contribution in [0.15, 0.2) is 24.5 Å². The highest BCUT2D eigenvalue weighted by Crippen LogP contribution is 2.25. The molecule has 1 saturated heterocycles. The van der Waals surface area contributed by atoms with Gasteiger partial charge >= 0.3 is 0 Å². The SMILES string of the molecule is CCCC1CNC(CC)(CC)CN1Cc1ccncc1.